The molecule has 0 aliphatic carbocycles. The van der Waals surface area contributed by atoms with E-state index in [-0.39, 0.29) is 11.8 Å². The van der Waals surface area contributed by atoms with Gasteiger partial charge in [-0.15, -0.1) is 0 Å². The molecule has 1 amide bonds. The number of imidazole rings is 1. The molecule has 0 N–H and O–H groups in total. The van der Waals surface area contributed by atoms with E-state index < -0.39 is 0 Å². The number of unbranched alkanes of at least 4 members (excludes halogenated alkanes) is 1. The highest BCUT2D eigenvalue weighted by Gasteiger charge is 2.35. The molecule has 1 aliphatic heterocycles. The highest BCUT2D eigenvalue weighted by Crippen LogP contribution is 2.35. The van der Waals surface area contributed by atoms with Crippen LogP contribution in [0.4, 0.5) is 5.69 Å². The quantitative estimate of drug-likeness (QED) is 0.284. The number of carbonyl (C=O) groups is 1. The van der Waals surface area contributed by atoms with Gasteiger partial charge in [-0.1, -0.05) is 42.0 Å². The lowest BCUT2D eigenvalue weighted by Gasteiger charge is -2.20. The molecule has 2 heterocycles. The van der Waals surface area contributed by atoms with Crippen LogP contribution in [-0.4, -0.2) is 28.6 Å². The van der Waals surface area contributed by atoms with E-state index in [4.69, 9.17) is 9.72 Å². The van der Waals surface area contributed by atoms with Crippen molar-refractivity contribution < 1.29 is 9.53 Å². The van der Waals surface area contributed by atoms with Crippen LogP contribution in [-0.2, 0) is 11.3 Å². The van der Waals surface area contributed by atoms with Crippen LogP contribution in [0.15, 0.2) is 66.7 Å². The Labute approximate surface area is 207 Å². The topological polar surface area (TPSA) is 47.4 Å². The largest absolute Gasteiger partial charge is 0.494 e. The maximum absolute atomic E-state index is 13.1. The van der Waals surface area contributed by atoms with Gasteiger partial charge in [0.05, 0.1) is 17.6 Å². The Morgan fingerprint density at radius 1 is 0.943 bits per heavy atom. The molecule has 3 aromatic carbocycles. The summed E-state index contributed by atoms with van der Waals surface area (Å²) in [7, 11) is 0. The van der Waals surface area contributed by atoms with Crippen molar-refractivity contribution in [2.24, 2.45) is 0 Å². The van der Waals surface area contributed by atoms with Gasteiger partial charge >= 0.3 is 0 Å². The Kier molecular flexibility index (Phi) is 6.58. The Hall–Kier alpha value is -3.60. The van der Waals surface area contributed by atoms with Gasteiger partial charge in [0, 0.05) is 31.1 Å². The number of hydrogen-bond acceptors (Lipinski definition) is 3. The van der Waals surface area contributed by atoms with Gasteiger partial charge in [-0.05, 0) is 75.1 Å². The third kappa shape index (κ3) is 4.95. The fraction of sp³-hybridized carbons (Fsp3) is 0.333. The number of fused-ring (bicyclic) bond motifs is 1. The van der Waals surface area contributed by atoms with E-state index in [1.54, 1.807) is 0 Å². The second-order valence-corrected chi connectivity index (χ2v) is 9.68. The summed E-state index contributed by atoms with van der Waals surface area (Å²) in [5, 5.41) is 0. The van der Waals surface area contributed by atoms with Crippen molar-refractivity contribution >= 4 is 22.6 Å². The third-order valence-electron chi connectivity index (χ3n) is 6.85. The molecule has 5 rings (SSSR count). The number of rotatable bonds is 8. The fourth-order valence-corrected chi connectivity index (χ4v) is 5.13. The van der Waals surface area contributed by atoms with Crippen molar-refractivity contribution in [1.82, 2.24) is 9.55 Å². The monoisotopic (exact) mass is 467 g/mol. The zero-order chi connectivity index (χ0) is 24.4. The maximum atomic E-state index is 13.1. The summed E-state index contributed by atoms with van der Waals surface area (Å²) in [4.78, 5) is 20.0. The fourth-order valence-electron chi connectivity index (χ4n) is 5.13. The van der Waals surface area contributed by atoms with E-state index in [2.05, 4.69) is 73.9 Å². The lowest BCUT2D eigenvalue weighted by atomic mass is 10.1. The van der Waals surface area contributed by atoms with E-state index in [9.17, 15) is 4.79 Å². The normalized spacial score (nSPS) is 15.8. The second kappa shape index (κ2) is 9.95. The smallest absolute Gasteiger partial charge is 0.227 e. The van der Waals surface area contributed by atoms with Crippen molar-refractivity contribution in [3.63, 3.8) is 0 Å². The minimum absolute atomic E-state index is 0.0825. The molecule has 180 valence electrons. The molecule has 0 unspecified atom stereocenters. The average molecular weight is 468 g/mol. The van der Waals surface area contributed by atoms with Crippen LogP contribution in [0.1, 0.15) is 47.7 Å². The first-order valence-electron chi connectivity index (χ1n) is 12.5. The highest BCUT2D eigenvalue weighted by atomic mass is 16.5. The van der Waals surface area contributed by atoms with Gasteiger partial charge in [0.15, 0.2) is 0 Å². The minimum Gasteiger partial charge on any atom is -0.494 e. The Morgan fingerprint density at radius 3 is 2.60 bits per heavy atom. The molecule has 1 fully saturated rings. The lowest BCUT2D eigenvalue weighted by molar-refractivity contribution is -0.117. The number of anilines is 1. The van der Waals surface area contributed by atoms with Gasteiger partial charge in [-0.25, -0.2) is 4.98 Å². The Balaban J connectivity index is 1.31. The molecule has 0 spiro atoms. The summed E-state index contributed by atoms with van der Waals surface area (Å²) in [6, 6.07) is 22.8. The SMILES string of the molecule is Cc1cccc(OCCCCn2c([C@H]3CC(=O)N(c4ccc(C)cc4C)C3)nc3ccccc32)c1. The number of para-hydroxylation sites is 2. The molecule has 4 aromatic rings. The molecular formula is C30H33N3O2. The van der Waals surface area contributed by atoms with Gasteiger partial charge in [-0.2, -0.15) is 0 Å². The molecular weight excluding hydrogens is 434 g/mol. The van der Waals surface area contributed by atoms with Crippen LogP contribution >= 0.6 is 0 Å². The first kappa shape index (κ1) is 23.2. The number of amides is 1. The molecule has 0 bridgehead atoms. The molecule has 1 saturated heterocycles. The highest BCUT2D eigenvalue weighted by molar-refractivity contribution is 5.97. The number of aromatic nitrogens is 2. The number of ether oxygens (including phenoxy) is 1. The number of carbonyl (C=O) groups excluding carboxylic acids is 1. The van der Waals surface area contributed by atoms with Gasteiger partial charge in [0.1, 0.15) is 11.6 Å². The first-order valence-corrected chi connectivity index (χ1v) is 12.5. The van der Waals surface area contributed by atoms with E-state index in [0.29, 0.717) is 19.6 Å². The van der Waals surface area contributed by atoms with Crippen LogP contribution in [0.25, 0.3) is 11.0 Å². The summed E-state index contributed by atoms with van der Waals surface area (Å²) in [6.45, 7) is 8.46. The van der Waals surface area contributed by atoms with Gasteiger partial charge in [-0.3, -0.25) is 4.79 Å². The van der Waals surface area contributed by atoms with Crippen LogP contribution in [0.3, 0.4) is 0 Å². The van der Waals surface area contributed by atoms with E-state index in [1.165, 1.54) is 11.1 Å². The van der Waals surface area contributed by atoms with Crippen molar-refractivity contribution in [2.75, 3.05) is 18.1 Å². The maximum Gasteiger partial charge on any atom is 0.227 e. The summed E-state index contributed by atoms with van der Waals surface area (Å²) >= 11 is 0. The third-order valence-corrected chi connectivity index (χ3v) is 6.85. The molecule has 0 saturated carbocycles. The second-order valence-electron chi connectivity index (χ2n) is 9.68. The standard InChI is InChI=1S/C30H33N3O2/c1-21-9-8-10-25(18-21)35-16-7-6-15-32-28-12-5-4-11-26(28)31-30(32)24-19-29(34)33(20-24)27-14-13-22(2)17-23(27)3/h4-5,8-14,17-18,24H,6-7,15-16,19-20H2,1-3H3/t24-/m0/s1. The van der Waals surface area contributed by atoms with Gasteiger partial charge < -0.3 is 14.2 Å². The minimum atomic E-state index is 0.0825. The molecule has 1 aromatic heterocycles. The lowest BCUT2D eigenvalue weighted by Crippen LogP contribution is -2.25. The zero-order valence-corrected chi connectivity index (χ0v) is 20.8. The van der Waals surface area contributed by atoms with Gasteiger partial charge in [0.25, 0.3) is 0 Å². The number of hydrogen-bond donors (Lipinski definition) is 0. The Bertz CT molecular complexity index is 1360. The van der Waals surface area contributed by atoms with E-state index in [1.807, 2.05) is 23.1 Å². The van der Waals surface area contributed by atoms with Crippen molar-refractivity contribution in [1.29, 1.82) is 0 Å². The summed E-state index contributed by atoms with van der Waals surface area (Å²) < 4.78 is 8.27. The number of nitrogens with zero attached hydrogens (tertiary/aromatic N) is 3. The summed E-state index contributed by atoms with van der Waals surface area (Å²) in [5.74, 6) is 2.20. The predicted molar refractivity (Wildman–Crippen MR) is 141 cm³/mol. The molecule has 35 heavy (non-hydrogen) atoms. The Morgan fingerprint density at radius 2 is 1.77 bits per heavy atom. The average Bonchev–Trinajstić information content (AvgIpc) is 3.39. The molecule has 0 radical (unpaired) electrons. The van der Waals surface area contributed by atoms with Crippen LogP contribution in [0.2, 0.25) is 0 Å². The predicted octanol–water partition coefficient (Wildman–Crippen LogP) is 6.34. The first-order chi connectivity index (χ1) is 17.0. The molecule has 1 aliphatic rings. The van der Waals surface area contributed by atoms with Crippen LogP contribution < -0.4 is 9.64 Å². The van der Waals surface area contributed by atoms with Crippen molar-refractivity contribution in [2.45, 2.75) is 52.5 Å². The number of aryl methyl sites for hydroxylation is 4. The molecule has 5 heteroatoms. The summed E-state index contributed by atoms with van der Waals surface area (Å²) in [6.07, 6.45) is 2.44. The van der Waals surface area contributed by atoms with E-state index in [0.717, 1.165) is 53.2 Å². The van der Waals surface area contributed by atoms with Crippen LogP contribution in [0, 0.1) is 20.8 Å². The molecule has 1 atom stereocenters. The van der Waals surface area contributed by atoms with E-state index >= 15 is 0 Å². The van der Waals surface area contributed by atoms with Crippen LogP contribution in [0.5, 0.6) is 5.75 Å². The van der Waals surface area contributed by atoms with Gasteiger partial charge in [0.2, 0.25) is 5.91 Å². The number of benzene rings is 3. The zero-order valence-electron chi connectivity index (χ0n) is 20.8. The molecule has 5 nitrogen and oxygen atoms in total. The summed E-state index contributed by atoms with van der Waals surface area (Å²) in [5.41, 5.74) is 6.70. The van der Waals surface area contributed by atoms with Crippen molar-refractivity contribution in [3.8, 4) is 5.75 Å². The van der Waals surface area contributed by atoms with Crippen molar-refractivity contribution in [3.05, 3.63) is 89.2 Å².